The predicted molar refractivity (Wildman–Crippen MR) is 115 cm³/mol. The number of piperidine rings is 1. The van der Waals surface area contributed by atoms with Gasteiger partial charge in [-0.1, -0.05) is 26.2 Å². The Bertz CT molecular complexity index is 610. The first-order valence-corrected chi connectivity index (χ1v) is 11.2. The molecule has 7 heteroatoms. The molecule has 0 bridgehead atoms. The molecule has 2 heterocycles. The summed E-state index contributed by atoms with van der Waals surface area (Å²) in [6.07, 6.45) is 11.9. The van der Waals surface area contributed by atoms with Crippen LogP contribution in [0.4, 0.5) is 0 Å². The molecule has 7 nitrogen and oxygen atoms in total. The van der Waals surface area contributed by atoms with Crippen LogP contribution >= 0.6 is 0 Å². The maximum Gasteiger partial charge on any atom is 0.191 e. The van der Waals surface area contributed by atoms with Gasteiger partial charge in [-0.25, -0.2) is 0 Å². The molecule has 28 heavy (non-hydrogen) atoms. The highest BCUT2D eigenvalue weighted by molar-refractivity contribution is 5.80. The zero-order valence-electron chi connectivity index (χ0n) is 18.1. The van der Waals surface area contributed by atoms with Crippen molar-refractivity contribution in [3.8, 4) is 0 Å². The van der Waals surface area contributed by atoms with Crippen molar-refractivity contribution < 1.29 is 0 Å². The number of hydrogen-bond donors (Lipinski definition) is 2. The van der Waals surface area contributed by atoms with Crippen molar-refractivity contribution in [3.63, 3.8) is 0 Å². The number of aryl methyl sites for hydroxylation is 1. The maximum absolute atomic E-state index is 5.01. The third-order valence-corrected chi connectivity index (χ3v) is 6.19. The Morgan fingerprint density at radius 1 is 1.18 bits per heavy atom. The first-order valence-electron chi connectivity index (χ1n) is 11.2. The van der Waals surface area contributed by atoms with E-state index < -0.39 is 0 Å². The summed E-state index contributed by atoms with van der Waals surface area (Å²) >= 11 is 0. The van der Waals surface area contributed by atoms with E-state index in [1.807, 2.05) is 6.33 Å². The first kappa shape index (κ1) is 21.1. The molecule has 1 saturated carbocycles. The molecule has 1 aliphatic carbocycles. The molecule has 0 amide bonds. The van der Waals surface area contributed by atoms with E-state index in [0.29, 0.717) is 6.04 Å². The molecule has 0 aromatic carbocycles. The Labute approximate surface area is 170 Å². The summed E-state index contributed by atoms with van der Waals surface area (Å²) in [7, 11) is 0. The number of rotatable bonds is 8. The van der Waals surface area contributed by atoms with Gasteiger partial charge in [-0.3, -0.25) is 9.89 Å². The van der Waals surface area contributed by atoms with Gasteiger partial charge in [0, 0.05) is 31.1 Å². The van der Waals surface area contributed by atoms with E-state index in [1.165, 1.54) is 58.0 Å². The average Bonchev–Trinajstić information content (AvgIpc) is 3.38. The third-order valence-electron chi connectivity index (χ3n) is 6.19. The lowest BCUT2D eigenvalue weighted by molar-refractivity contribution is 0.102. The average molecular weight is 390 g/mol. The Kier molecular flexibility index (Phi) is 7.71. The Hall–Kier alpha value is -1.63. The Morgan fingerprint density at radius 3 is 2.64 bits per heavy atom. The molecule has 1 saturated heterocycles. The number of nitrogens with one attached hydrogen (secondary N) is 2. The molecule has 0 unspecified atom stereocenters. The summed E-state index contributed by atoms with van der Waals surface area (Å²) in [6, 6.07) is 0.561. The normalized spacial score (nSPS) is 19.9. The summed E-state index contributed by atoms with van der Waals surface area (Å²) in [5, 5.41) is 15.4. The molecule has 1 aromatic rings. The molecule has 0 radical (unpaired) electrons. The standard InChI is InChI=1S/C21H39N7/c1-4-19-26-24-17-27(19)15-12-22-20(25-18-10-6-7-11-18)23-16-21(2,3)28-13-8-5-9-14-28/h17-18H,4-16H2,1-3H3,(H2,22,23,25). The van der Waals surface area contributed by atoms with Gasteiger partial charge in [0.1, 0.15) is 12.2 Å². The molecular weight excluding hydrogens is 350 g/mol. The van der Waals surface area contributed by atoms with Crippen molar-refractivity contribution in [2.24, 2.45) is 4.99 Å². The smallest absolute Gasteiger partial charge is 0.191 e. The SMILES string of the molecule is CCc1nncn1CCNC(=NCC(C)(C)N1CCCCC1)NC1CCCC1. The van der Waals surface area contributed by atoms with Gasteiger partial charge in [-0.2, -0.15) is 0 Å². The van der Waals surface area contributed by atoms with Crippen molar-refractivity contribution in [2.75, 3.05) is 26.2 Å². The van der Waals surface area contributed by atoms with Gasteiger partial charge in [0.05, 0.1) is 6.54 Å². The van der Waals surface area contributed by atoms with E-state index in [-0.39, 0.29) is 5.54 Å². The number of hydrogen-bond acceptors (Lipinski definition) is 4. The van der Waals surface area contributed by atoms with Crippen LogP contribution in [0.15, 0.2) is 11.3 Å². The Morgan fingerprint density at radius 2 is 1.93 bits per heavy atom. The molecule has 0 spiro atoms. The van der Waals surface area contributed by atoms with Crippen LogP contribution in [0.25, 0.3) is 0 Å². The van der Waals surface area contributed by atoms with Crippen molar-refractivity contribution >= 4 is 5.96 Å². The van der Waals surface area contributed by atoms with Crippen LogP contribution < -0.4 is 10.6 Å². The second-order valence-electron chi connectivity index (χ2n) is 8.87. The van der Waals surface area contributed by atoms with Crippen LogP contribution in [0.1, 0.15) is 71.5 Å². The Balaban J connectivity index is 1.57. The number of aromatic nitrogens is 3. The zero-order chi connectivity index (χ0) is 19.8. The van der Waals surface area contributed by atoms with E-state index >= 15 is 0 Å². The number of aliphatic imine (C=N–C) groups is 1. The second kappa shape index (κ2) is 10.2. The van der Waals surface area contributed by atoms with Crippen LogP contribution in [0.2, 0.25) is 0 Å². The van der Waals surface area contributed by atoms with Crippen molar-refractivity contribution in [2.45, 2.75) is 90.3 Å². The second-order valence-corrected chi connectivity index (χ2v) is 8.87. The highest BCUT2D eigenvalue weighted by Crippen LogP contribution is 2.21. The first-order chi connectivity index (χ1) is 13.6. The largest absolute Gasteiger partial charge is 0.355 e. The highest BCUT2D eigenvalue weighted by atomic mass is 15.3. The van der Waals surface area contributed by atoms with Gasteiger partial charge in [-0.15, -0.1) is 10.2 Å². The van der Waals surface area contributed by atoms with Crippen LogP contribution in [-0.2, 0) is 13.0 Å². The lowest BCUT2D eigenvalue weighted by Crippen LogP contribution is -2.50. The molecular formula is C21H39N7. The number of likely N-dealkylation sites (tertiary alicyclic amines) is 1. The lowest BCUT2D eigenvalue weighted by Gasteiger charge is -2.40. The van der Waals surface area contributed by atoms with E-state index in [4.69, 9.17) is 4.99 Å². The maximum atomic E-state index is 5.01. The fraction of sp³-hybridized carbons (Fsp3) is 0.857. The van der Waals surface area contributed by atoms with Crippen LogP contribution in [-0.4, -0.2) is 63.4 Å². The van der Waals surface area contributed by atoms with Crippen LogP contribution in [0.5, 0.6) is 0 Å². The minimum atomic E-state index is 0.106. The fourth-order valence-corrected chi connectivity index (χ4v) is 4.32. The molecule has 1 aliphatic heterocycles. The van der Waals surface area contributed by atoms with E-state index in [9.17, 15) is 0 Å². The number of guanidine groups is 1. The van der Waals surface area contributed by atoms with Gasteiger partial charge in [0.2, 0.25) is 0 Å². The summed E-state index contributed by atoms with van der Waals surface area (Å²) < 4.78 is 2.12. The monoisotopic (exact) mass is 389 g/mol. The summed E-state index contributed by atoms with van der Waals surface area (Å²) in [6.45, 7) is 11.7. The van der Waals surface area contributed by atoms with Crippen molar-refractivity contribution in [1.82, 2.24) is 30.3 Å². The molecule has 0 atom stereocenters. The van der Waals surface area contributed by atoms with E-state index in [1.54, 1.807) is 0 Å². The zero-order valence-corrected chi connectivity index (χ0v) is 18.1. The van der Waals surface area contributed by atoms with Gasteiger partial charge in [0.25, 0.3) is 0 Å². The van der Waals surface area contributed by atoms with E-state index in [2.05, 4.69) is 51.1 Å². The minimum absolute atomic E-state index is 0.106. The number of nitrogens with zero attached hydrogens (tertiary/aromatic N) is 5. The van der Waals surface area contributed by atoms with Gasteiger partial charge < -0.3 is 15.2 Å². The van der Waals surface area contributed by atoms with Gasteiger partial charge >= 0.3 is 0 Å². The van der Waals surface area contributed by atoms with Crippen molar-refractivity contribution in [3.05, 3.63) is 12.2 Å². The van der Waals surface area contributed by atoms with Gasteiger partial charge in [-0.05, 0) is 52.6 Å². The van der Waals surface area contributed by atoms with E-state index in [0.717, 1.165) is 37.8 Å². The predicted octanol–water partition coefficient (Wildman–Crippen LogP) is 2.58. The summed E-state index contributed by atoms with van der Waals surface area (Å²) in [5.41, 5.74) is 0.106. The molecule has 2 fully saturated rings. The molecule has 2 N–H and O–H groups in total. The molecule has 158 valence electrons. The minimum Gasteiger partial charge on any atom is -0.355 e. The van der Waals surface area contributed by atoms with Gasteiger partial charge in [0.15, 0.2) is 5.96 Å². The highest BCUT2D eigenvalue weighted by Gasteiger charge is 2.28. The third kappa shape index (κ3) is 5.93. The summed E-state index contributed by atoms with van der Waals surface area (Å²) in [5.74, 6) is 2.00. The lowest BCUT2D eigenvalue weighted by atomic mass is 9.99. The fourth-order valence-electron chi connectivity index (χ4n) is 4.32. The van der Waals surface area contributed by atoms with Crippen LogP contribution in [0, 0.1) is 0 Å². The molecule has 3 rings (SSSR count). The molecule has 1 aromatic heterocycles. The quantitative estimate of drug-likeness (QED) is 0.528. The van der Waals surface area contributed by atoms with Crippen LogP contribution in [0.3, 0.4) is 0 Å². The summed E-state index contributed by atoms with van der Waals surface area (Å²) in [4.78, 5) is 7.62. The topological polar surface area (TPSA) is 70.4 Å². The molecule has 2 aliphatic rings. The van der Waals surface area contributed by atoms with Crippen molar-refractivity contribution in [1.29, 1.82) is 0 Å².